The number of nitrogens with zero attached hydrogens (tertiary/aromatic N) is 2. The van der Waals surface area contributed by atoms with Crippen LogP contribution in [-0.4, -0.2) is 9.97 Å². The summed E-state index contributed by atoms with van der Waals surface area (Å²) in [6.07, 6.45) is 0. The standard InChI is InChI=1S/C48H30N2O/c1-3-13-31(14-4-1)34-20-11-22-39-37(34)21-12-23-40(39)44-30-45(50-48(49-44)32-15-5-2-6-16-32)41-28-27-35(36-17-7-8-18-38(36)41)33-25-26-43-42-19-9-10-24-46(42)51-47(43)29-33/h1-30H. The third kappa shape index (κ3) is 4.98. The Bertz CT molecular complexity index is 2910. The first-order valence-electron chi connectivity index (χ1n) is 17.2. The molecule has 238 valence electrons. The van der Waals surface area contributed by atoms with Gasteiger partial charge in [0, 0.05) is 27.5 Å². The first-order valence-corrected chi connectivity index (χ1v) is 17.2. The molecule has 8 aromatic carbocycles. The highest BCUT2D eigenvalue weighted by Crippen LogP contribution is 2.40. The number of hydrogen-bond donors (Lipinski definition) is 0. The summed E-state index contributed by atoms with van der Waals surface area (Å²) in [6.45, 7) is 0. The second kappa shape index (κ2) is 11.9. The lowest BCUT2D eigenvalue weighted by Gasteiger charge is -2.15. The quantitative estimate of drug-likeness (QED) is 0.186. The zero-order valence-electron chi connectivity index (χ0n) is 27.6. The molecule has 0 atom stereocenters. The second-order valence-electron chi connectivity index (χ2n) is 12.9. The van der Waals surface area contributed by atoms with Gasteiger partial charge < -0.3 is 4.42 Å². The van der Waals surface area contributed by atoms with E-state index in [1.54, 1.807) is 0 Å². The van der Waals surface area contributed by atoms with E-state index in [1.165, 1.54) is 16.5 Å². The van der Waals surface area contributed by atoms with Crippen LogP contribution in [0.3, 0.4) is 0 Å². The normalized spacial score (nSPS) is 11.5. The Hall–Kier alpha value is -6.84. The van der Waals surface area contributed by atoms with Crippen molar-refractivity contribution < 1.29 is 4.42 Å². The summed E-state index contributed by atoms with van der Waals surface area (Å²) in [5.41, 5.74) is 11.3. The van der Waals surface area contributed by atoms with Gasteiger partial charge in [0.15, 0.2) is 5.82 Å². The first-order chi connectivity index (χ1) is 25.3. The van der Waals surface area contributed by atoms with Crippen LogP contribution in [0.5, 0.6) is 0 Å². The molecule has 0 unspecified atom stereocenters. The lowest BCUT2D eigenvalue weighted by Crippen LogP contribution is -1.97. The van der Waals surface area contributed by atoms with Crippen LogP contribution in [0.15, 0.2) is 186 Å². The van der Waals surface area contributed by atoms with Crippen LogP contribution in [0.1, 0.15) is 0 Å². The lowest BCUT2D eigenvalue weighted by molar-refractivity contribution is 0.669. The molecule has 0 fully saturated rings. The topological polar surface area (TPSA) is 38.9 Å². The van der Waals surface area contributed by atoms with E-state index in [-0.39, 0.29) is 0 Å². The molecule has 10 rings (SSSR count). The van der Waals surface area contributed by atoms with Crippen LogP contribution in [0.4, 0.5) is 0 Å². The number of aromatic nitrogens is 2. The highest BCUT2D eigenvalue weighted by molar-refractivity contribution is 6.09. The Balaban J connectivity index is 1.17. The zero-order chi connectivity index (χ0) is 33.7. The molecule has 0 N–H and O–H groups in total. The number of hydrogen-bond acceptors (Lipinski definition) is 3. The van der Waals surface area contributed by atoms with E-state index in [0.717, 1.165) is 77.3 Å². The Labute approximate surface area is 295 Å². The van der Waals surface area contributed by atoms with E-state index in [9.17, 15) is 0 Å². The molecule has 3 nitrogen and oxygen atoms in total. The molecule has 0 aliphatic rings. The molecule has 2 heterocycles. The molecule has 0 spiro atoms. The highest BCUT2D eigenvalue weighted by Gasteiger charge is 2.17. The Morgan fingerprint density at radius 2 is 0.784 bits per heavy atom. The minimum Gasteiger partial charge on any atom is -0.456 e. The summed E-state index contributed by atoms with van der Waals surface area (Å²) in [4.78, 5) is 10.5. The van der Waals surface area contributed by atoms with Gasteiger partial charge in [0.25, 0.3) is 0 Å². The van der Waals surface area contributed by atoms with Crippen molar-refractivity contribution in [2.75, 3.05) is 0 Å². The largest absolute Gasteiger partial charge is 0.456 e. The molecule has 0 bridgehead atoms. The van der Waals surface area contributed by atoms with Crippen LogP contribution < -0.4 is 0 Å². The minimum absolute atomic E-state index is 0.697. The van der Waals surface area contributed by atoms with Gasteiger partial charge in [-0.25, -0.2) is 9.97 Å². The zero-order valence-corrected chi connectivity index (χ0v) is 27.6. The van der Waals surface area contributed by atoms with Crippen molar-refractivity contribution in [3.05, 3.63) is 182 Å². The fourth-order valence-corrected chi connectivity index (χ4v) is 7.51. The summed E-state index contributed by atoms with van der Waals surface area (Å²) in [5.74, 6) is 0.697. The smallest absolute Gasteiger partial charge is 0.160 e. The molecule has 0 saturated carbocycles. The molecule has 0 amide bonds. The van der Waals surface area contributed by atoms with Crippen molar-refractivity contribution in [2.24, 2.45) is 0 Å². The molecular weight excluding hydrogens is 621 g/mol. The van der Waals surface area contributed by atoms with Crippen LogP contribution in [0, 0.1) is 0 Å². The summed E-state index contributed by atoms with van der Waals surface area (Å²) in [5, 5.41) is 6.90. The number of para-hydroxylation sites is 1. The van der Waals surface area contributed by atoms with Gasteiger partial charge in [-0.1, -0.05) is 158 Å². The van der Waals surface area contributed by atoms with Gasteiger partial charge >= 0.3 is 0 Å². The molecule has 0 aliphatic heterocycles. The van der Waals surface area contributed by atoms with Crippen molar-refractivity contribution in [2.45, 2.75) is 0 Å². The summed E-state index contributed by atoms with van der Waals surface area (Å²) < 4.78 is 6.28. The third-order valence-electron chi connectivity index (χ3n) is 9.93. The maximum absolute atomic E-state index is 6.28. The predicted octanol–water partition coefficient (Wildman–Crippen LogP) is 13.0. The maximum Gasteiger partial charge on any atom is 0.160 e. The van der Waals surface area contributed by atoms with E-state index in [4.69, 9.17) is 14.4 Å². The van der Waals surface area contributed by atoms with Gasteiger partial charge in [-0.15, -0.1) is 0 Å². The van der Waals surface area contributed by atoms with Gasteiger partial charge in [-0.05, 0) is 68.1 Å². The van der Waals surface area contributed by atoms with E-state index in [2.05, 4.69) is 152 Å². The monoisotopic (exact) mass is 650 g/mol. The van der Waals surface area contributed by atoms with Crippen LogP contribution in [-0.2, 0) is 0 Å². The fraction of sp³-hybridized carbons (Fsp3) is 0. The fourth-order valence-electron chi connectivity index (χ4n) is 7.51. The highest BCUT2D eigenvalue weighted by atomic mass is 16.3. The lowest BCUT2D eigenvalue weighted by atomic mass is 9.92. The number of furan rings is 1. The molecule has 51 heavy (non-hydrogen) atoms. The maximum atomic E-state index is 6.28. The molecule has 3 heteroatoms. The van der Waals surface area contributed by atoms with Gasteiger partial charge in [0.2, 0.25) is 0 Å². The van der Waals surface area contributed by atoms with Crippen LogP contribution in [0.25, 0.3) is 99.6 Å². The summed E-state index contributed by atoms with van der Waals surface area (Å²) in [6, 6.07) is 63.8. The van der Waals surface area contributed by atoms with Crippen molar-refractivity contribution in [1.82, 2.24) is 9.97 Å². The second-order valence-corrected chi connectivity index (χ2v) is 12.9. The average Bonchev–Trinajstić information content (AvgIpc) is 3.58. The molecule has 2 aromatic heterocycles. The summed E-state index contributed by atoms with van der Waals surface area (Å²) >= 11 is 0. The van der Waals surface area contributed by atoms with E-state index < -0.39 is 0 Å². The first kappa shape index (κ1) is 29.1. The van der Waals surface area contributed by atoms with Crippen molar-refractivity contribution in [3.63, 3.8) is 0 Å². The van der Waals surface area contributed by atoms with Crippen LogP contribution >= 0.6 is 0 Å². The summed E-state index contributed by atoms with van der Waals surface area (Å²) in [7, 11) is 0. The third-order valence-corrected chi connectivity index (χ3v) is 9.93. The van der Waals surface area contributed by atoms with Gasteiger partial charge in [0.1, 0.15) is 11.2 Å². The van der Waals surface area contributed by atoms with E-state index in [0.29, 0.717) is 5.82 Å². The van der Waals surface area contributed by atoms with Gasteiger partial charge in [-0.3, -0.25) is 0 Å². The molecule has 0 aliphatic carbocycles. The van der Waals surface area contributed by atoms with Crippen molar-refractivity contribution >= 4 is 43.5 Å². The van der Waals surface area contributed by atoms with E-state index in [1.807, 2.05) is 30.3 Å². The van der Waals surface area contributed by atoms with Crippen molar-refractivity contribution in [3.8, 4) is 56.2 Å². The minimum atomic E-state index is 0.697. The Morgan fingerprint density at radius 1 is 0.294 bits per heavy atom. The predicted molar refractivity (Wildman–Crippen MR) is 212 cm³/mol. The number of fused-ring (bicyclic) bond motifs is 5. The van der Waals surface area contributed by atoms with Crippen LogP contribution in [0.2, 0.25) is 0 Å². The average molecular weight is 651 g/mol. The van der Waals surface area contributed by atoms with Gasteiger partial charge in [0.05, 0.1) is 11.4 Å². The molecular formula is C48H30N2O. The molecule has 10 aromatic rings. The Kier molecular flexibility index (Phi) is 6.81. The number of benzene rings is 8. The number of rotatable bonds is 5. The van der Waals surface area contributed by atoms with Gasteiger partial charge in [-0.2, -0.15) is 0 Å². The molecule has 0 saturated heterocycles. The molecule has 0 radical (unpaired) electrons. The van der Waals surface area contributed by atoms with E-state index >= 15 is 0 Å². The van der Waals surface area contributed by atoms with Crippen molar-refractivity contribution in [1.29, 1.82) is 0 Å². The Morgan fingerprint density at radius 3 is 1.49 bits per heavy atom. The SMILES string of the molecule is c1ccc(-c2nc(-c3cccc4c(-c5ccccc5)cccc34)cc(-c3ccc(-c4ccc5c(c4)oc4ccccc45)c4ccccc34)n2)cc1.